The van der Waals surface area contributed by atoms with E-state index in [1.807, 2.05) is 38.1 Å². The lowest BCUT2D eigenvalue weighted by Gasteiger charge is -2.32. The van der Waals surface area contributed by atoms with E-state index in [-0.39, 0.29) is 28.1 Å². The predicted molar refractivity (Wildman–Crippen MR) is 147 cm³/mol. The topological polar surface area (TPSA) is 86.8 Å². The Morgan fingerprint density at radius 2 is 1.57 bits per heavy atom. The monoisotopic (exact) mass is 541 g/mol. The number of carbonyl (C=O) groups excluding carboxylic acids is 2. The fourth-order valence-electron chi connectivity index (χ4n) is 3.76. The molecule has 0 bridgehead atoms. The summed E-state index contributed by atoms with van der Waals surface area (Å²) in [5.74, 6) is -0.836. The Balaban J connectivity index is 2.01. The van der Waals surface area contributed by atoms with Crippen LogP contribution in [0.2, 0.25) is 5.02 Å². The molecule has 1 atom stereocenters. The second-order valence-corrected chi connectivity index (χ2v) is 11.0. The molecular formula is C28H32ClN3O4S. The van der Waals surface area contributed by atoms with Crippen molar-refractivity contribution in [3.8, 4) is 0 Å². The molecule has 3 rings (SSSR count). The average Bonchev–Trinajstić information content (AvgIpc) is 2.90. The SMILES string of the molecule is CCCNC(=O)[C@H](C)N(Cc1ccc(C)cc1)C(=O)CN(c1ccccc1Cl)S(=O)(=O)c1ccccc1. The molecule has 196 valence electrons. The molecule has 3 aromatic carbocycles. The number of hydrogen-bond donors (Lipinski definition) is 1. The van der Waals surface area contributed by atoms with E-state index in [2.05, 4.69) is 5.32 Å². The molecule has 9 heteroatoms. The van der Waals surface area contributed by atoms with Crippen molar-refractivity contribution in [2.24, 2.45) is 0 Å². The summed E-state index contributed by atoms with van der Waals surface area (Å²) in [7, 11) is -4.14. The highest BCUT2D eigenvalue weighted by molar-refractivity contribution is 7.92. The predicted octanol–water partition coefficient (Wildman–Crippen LogP) is 4.79. The summed E-state index contributed by atoms with van der Waals surface area (Å²) in [6, 6.07) is 21.1. The molecule has 0 fully saturated rings. The van der Waals surface area contributed by atoms with Gasteiger partial charge in [-0.2, -0.15) is 0 Å². The summed E-state index contributed by atoms with van der Waals surface area (Å²) >= 11 is 6.40. The molecule has 0 aliphatic rings. The van der Waals surface area contributed by atoms with Crippen LogP contribution in [0.5, 0.6) is 0 Å². The number of nitrogens with one attached hydrogen (secondary N) is 1. The van der Waals surface area contributed by atoms with Crippen LogP contribution in [0.4, 0.5) is 5.69 Å². The molecule has 0 aliphatic heterocycles. The van der Waals surface area contributed by atoms with Gasteiger partial charge in [0.05, 0.1) is 15.6 Å². The molecule has 0 heterocycles. The van der Waals surface area contributed by atoms with Crippen LogP contribution < -0.4 is 9.62 Å². The second kappa shape index (κ2) is 12.7. The normalized spacial score (nSPS) is 12.0. The smallest absolute Gasteiger partial charge is 0.264 e. The highest BCUT2D eigenvalue weighted by Crippen LogP contribution is 2.30. The fraction of sp³-hybridized carbons (Fsp3) is 0.286. The van der Waals surface area contributed by atoms with Gasteiger partial charge in [-0.1, -0.05) is 78.7 Å². The number of hydrogen-bond acceptors (Lipinski definition) is 4. The molecule has 0 aromatic heterocycles. The molecule has 0 spiro atoms. The van der Waals surface area contributed by atoms with E-state index < -0.39 is 28.5 Å². The number of amides is 2. The molecule has 0 aliphatic carbocycles. The molecule has 0 radical (unpaired) electrons. The average molecular weight is 542 g/mol. The Hall–Kier alpha value is -3.36. The summed E-state index contributed by atoms with van der Waals surface area (Å²) in [5.41, 5.74) is 2.07. The van der Waals surface area contributed by atoms with E-state index in [0.717, 1.165) is 21.9 Å². The lowest BCUT2D eigenvalue weighted by atomic mass is 10.1. The van der Waals surface area contributed by atoms with E-state index in [1.54, 1.807) is 49.4 Å². The molecule has 7 nitrogen and oxygen atoms in total. The second-order valence-electron chi connectivity index (χ2n) is 8.75. The first-order chi connectivity index (χ1) is 17.6. The van der Waals surface area contributed by atoms with E-state index in [4.69, 9.17) is 11.6 Å². The van der Waals surface area contributed by atoms with Crippen LogP contribution in [0.3, 0.4) is 0 Å². The van der Waals surface area contributed by atoms with Gasteiger partial charge in [0.15, 0.2) is 0 Å². The number of nitrogens with zero attached hydrogens (tertiary/aromatic N) is 2. The Labute approximate surface area is 224 Å². The first-order valence-corrected chi connectivity index (χ1v) is 13.9. The van der Waals surface area contributed by atoms with Gasteiger partial charge in [-0.15, -0.1) is 0 Å². The molecule has 0 unspecified atom stereocenters. The van der Waals surface area contributed by atoms with Gasteiger partial charge in [0.25, 0.3) is 10.0 Å². The molecule has 3 aromatic rings. The van der Waals surface area contributed by atoms with Crippen LogP contribution in [0.1, 0.15) is 31.4 Å². The molecule has 0 saturated carbocycles. The Morgan fingerprint density at radius 3 is 2.19 bits per heavy atom. The molecule has 2 amide bonds. The van der Waals surface area contributed by atoms with Crippen molar-refractivity contribution < 1.29 is 18.0 Å². The van der Waals surface area contributed by atoms with Crippen LogP contribution in [0, 0.1) is 6.92 Å². The highest BCUT2D eigenvalue weighted by atomic mass is 35.5. The minimum Gasteiger partial charge on any atom is -0.354 e. The van der Waals surface area contributed by atoms with E-state index >= 15 is 0 Å². The zero-order valence-electron chi connectivity index (χ0n) is 21.2. The van der Waals surface area contributed by atoms with E-state index in [9.17, 15) is 18.0 Å². The molecule has 1 N–H and O–H groups in total. The zero-order valence-corrected chi connectivity index (χ0v) is 22.8. The van der Waals surface area contributed by atoms with Crippen molar-refractivity contribution in [1.82, 2.24) is 10.2 Å². The molecule has 37 heavy (non-hydrogen) atoms. The number of anilines is 1. The number of aryl methyl sites for hydroxylation is 1. The number of benzene rings is 3. The number of halogens is 1. The zero-order chi connectivity index (χ0) is 27.0. The van der Waals surface area contributed by atoms with Gasteiger partial charge in [-0.05, 0) is 50.1 Å². The lowest BCUT2D eigenvalue weighted by Crippen LogP contribution is -2.51. The van der Waals surface area contributed by atoms with Gasteiger partial charge in [-0.3, -0.25) is 13.9 Å². The van der Waals surface area contributed by atoms with E-state index in [0.29, 0.717) is 6.54 Å². The minimum atomic E-state index is -4.14. The van der Waals surface area contributed by atoms with Crippen LogP contribution in [-0.2, 0) is 26.2 Å². The van der Waals surface area contributed by atoms with Gasteiger partial charge in [0.1, 0.15) is 12.6 Å². The van der Waals surface area contributed by atoms with Crippen molar-refractivity contribution in [3.63, 3.8) is 0 Å². The first kappa shape index (κ1) is 28.2. The molecular weight excluding hydrogens is 510 g/mol. The summed E-state index contributed by atoms with van der Waals surface area (Å²) in [6.07, 6.45) is 0.750. The van der Waals surface area contributed by atoms with E-state index in [1.165, 1.54) is 17.0 Å². The van der Waals surface area contributed by atoms with Gasteiger partial charge in [0.2, 0.25) is 11.8 Å². The number of carbonyl (C=O) groups is 2. The Bertz CT molecular complexity index is 1310. The number of rotatable bonds is 11. The van der Waals surface area contributed by atoms with Crippen molar-refractivity contribution in [2.75, 3.05) is 17.4 Å². The van der Waals surface area contributed by atoms with Gasteiger partial charge in [-0.25, -0.2) is 8.42 Å². The van der Waals surface area contributed by atoms with Gasteiger partial charge >= 0.3 is 0 Å². The third kappa shape index (κ3) is 7.11. The van der Waals surface area contributed by atoms with Crippen LogP contribution in [0.25, 0.3) is 0 Å². The summed E-state index contributed by atoms with van der Waals surface area (Å²) < 4.78 is 28.4. The number of para-hydroxylation sites is 1. The quantitative estimate of drug-likeness (QED) is 0.378. The Morgan fingerprint density at radius 1 is 0.946 bits per heavy atom. The Kier molecular flexibility index (Phi) is 9.72. The van der Waals surface area contributed by atoms with Crippen LogP contribution in [-0.4, -0.2) is 44.3 Å². The van der Waals surface area contributed by atoms with Crippen molar-refractivity contribution in [2.45, 2.75) is 44.7 Å². The van der Waals surface area contributed by atoms with Gasteiger partial charge < -0.3 is 10.2 Å². The van der Waals surface area contributed by atoms with Crippen molar-refractivity contribution in [3.05, 3.63) is 95.0 Å². The maximum Gasteiger partial charge on any atom is 0.264 e. The standard InChI is InChI=1S/C28H32ClN3O4S/c1-4-18-30-28(34)22(3)31(19-23-16-14-21(2)15-17-23)27(33)20-32(26-13-9-8-12-25(26)29)37(35,36)24-10-6-5-7-11-24/h5-17,22H,4,18-20H2,1-3H3,(H,30,34)/t22-/m0/s1. The van der Waals surface area contributed by atoms with Crippen molar-refractivity contribution in [1.29, 1.82) is 0 Å². The first-order valence-electron chi connectivity index (χ1n) is 12.1. The maximum absolute atomic E-state index is 13.8. The molecule has 0 saturated heterocycles. The third-order valence-electron chi connectivity index (χ3n) is 5.92. The lowest BCUT2D eigenvalue weighted by molar-refractivity contribution is -0.139. The maximum atomic E-state index is 13.8. The third-order valence-corrected chi connectivity index (χ3v) is 8.01. The van der Waals surface area contributed by atoms with Gasteiger partial charge in [0, 0.05) is 13.1 Å². The van der Waals surface area contributed by atoms with Crippen LogP contribution >= 0.6 is 11.6 Å². The number of sulfonamides is 1. The van der Waals surface area contributed by atoms with Crippen molar-refractivity contribution >= 4 is 39.1 Å². The largest absolute Gasteiger partial charge is 0.354 e. The highest BCUT2D eigenvalue weighted by Gasteiger charge is 2.33. The summed E-state index contributed by atoms with van der Waals surface area (Å²) in [4.78, 5) is 28.1. The summed E-state index contributed by atoms with van der Waals surface area (Å²) in [6.45, 7) is 5.63. The van der Waals surface area contributed by atoms with Crippen LogP contribution in [0.15, 0.2) is 83.8 Å². The summed E-state index contributed by atoms with van der Waals surface area (Å²) in [5, 5.41) is 3.02. The minimum absolute atomic E-state index is 0.0292. The fourth-order valence-corrected chi connectivity index (χ4v) is 5.50.